The number of para-hydroxylation sites is 2. The van der Waals surface area contributed by atoms with Crippen molar-refractivity contribution in [1.29, 1.82) is 0 Å². The van der Waals surface area contributed by atoms with E-state index in [0.717, 1.165) is 39.1 Å². The van der Waals surface area contributed by atoms with E-state index >= 15 is 0 Å². The molecular weight excluding hydrogens is 354 g/mol. The summed E-state index contributed by atoms with van der Waals surface area (Å²) in [5, 5.41) is 3.71. The molecule has 1 N–H and O–H groups in total. The van der Waals surface area contributed by atoms with Crippen LogP contribution in [0.1, 0.15) is 12.2 Å². The molecule has 4 nitrogen and oxygen atoms in total. The van der Waals surface area contributed by atoms with Crippen molar-refractivity contribution in [3.05, 3.63) is 59.4 Å². The SMILES string of the molecule is Cc1nc2ccccc2n1CCNC(=O)CCSc1ccc(Cl)cc1. The lowest BCUT2D eigenvalue weighted by Crippen LogP contribution is -2.27. The molecule has 1 aromatic heterocycles. The van der Waals surface area contributed by atoms with Crippen LogP contribution >= 0.6 is 23.4 Å². The number of thioether (sulfide) groups is 1. The van der Waals surface area contributed by atoms with Crippen LogP contribution in [0.15, 0.2) is 53.4 Å². The number of aromatic nitrogens is 2. The van der Waals surface area contributed by atoms with Crippen molar-refractivity contribution in [2.45, 2.75) is 24.8 Å². The van der Waals surface area contributed by atoms with Gasteiger partial charge in [0.15, 0.2) is 0 Å². The summed E-state index contributed by atoms with van der Waals surface area (Å²) in [6.45, 7) is 3.32. The normalized spacial score (nSPS) is 11.0. The van der Waals surface area contributed by atoms with Crippen LogP contribution in [-0.4, -0.2) is 27.8 Å². The van der Waals surface area contributed by atoms with Crippen molar-refractivity contribution in [1.82, 2.24) is 14.9 Å². The van der Waals surface area contributed by atoms with Crippen molar-refractivity contribution in [2.24, 2.45) is 0 Å². The second-order valence-electron chi connectivity index (χ2n) is 5.70. The Kier molecular flexibility index (Phi) is 6.00. The molecule has 0 aliphatic rings. The predicted octanol–water partition coefficient (Wildman–Crippen LogP) is 4.30. The van der Waals surface area contributed by atoms with Gasteiger partial charge in [-0.1, -0.05) is 23.7 Å². The molecule has 0 spiro atoms. The van der Waals surface area contributed by atoms with Crippen LogP contribution in [0.25, 0.3) is 11.0 Å². The number of rotatable bonds is 7. The summed E-state index contributed by atoms with van der Waals surface area (Å²) in [6, 6.07) is 15.7. The standard InChI is InChI=1S/C19H20ClN3OS/c1-14-22-17-4-2-3-5-18(17)23(14)12-11-21-19(24)10-13-25-16-8-6-15(20)7-9-16/h2-9H,10-13H2,1H3,(H,21,24). The number of hydrogen-bond donors (Lipinski definition) is 1. The maximum Gasteiger partial charge on any atom is 0.220 e. The second-order valence-corrected chi connectivity index (χ2v) is 7.31. The Morgan fingerprint density at radius 1 is 1.20 bits per heavy atom. The molecule has 130 valence electrons. The molecule has 0 radical (unpaired) electrons. The zero-order valence-electron chi connectivity index (χ0n) is 14.0. The third-order valence-electron chi connectivity index (χ3n) is 3.91. The van der Waals surface area contributed by atoms with Crippen LogP contribution in [0.5, 0.6) is 0 Å². The first-order chi connectivity index (χ1) is 12.1. The fourth-order valence-electron chi connectivity index (χ4n) is 2.67. The Morgan fingerprint density at radius 2 is 1.96 bits per heavy atom. The minimum atomic E-state index is 0.0727. The molecule has 1 amide bonds. The van der Waals surface area contributed by atoms with Crippen molar-refractivity contribution in [3.8, 4) is 0 Å². The number of carbonyl (C=O) groups is 1. The first-order valence-corrected chi connectivity index (χ1v) is 9.57. The van der Waals surface area contributed by atoms with E-state index in [4.69, 9.17) is 11.6 Å². The molecule has 0 aliphatic heterocycles. The van der Waals surface area contributed by atoms with Crippen LogP contribution in [0.2, 0.25) is 5.02 Å². The van der Waals surface area contributed by atoms with E-state index in [0.29, 0.717) is 13.0 Å². The van der Waals surface area contributed by atoms with Gasteiger partial charge in [0.05, 0.1) is 11.0 Å². The number of hydrogen-bond acceptors (Lipinski definition) is 3. The molecular formula is C19H20ClN3OS. The average Bonchev–Trinajstić information content (AvgIpc) is 2.92. The number of aryl methyl sites for hydroxylation is 1. The molecule has 2 aromatic carbocycles. The number of carbonyl (C=O) groups excluding carboxylic acids is 1. The molecule has 0 aliphatic carbocycles. The van der Waals surface area contributed by atoms with Gasteiger partial charge in [-0.15, -0.1) is 11.8 Å². The van der Waals surface area contributed by atoms with Crippen LogP contribution in [-0.2, 0) is 11.3 Å². The monoisotopic (exact) mass is 373 g/mol. The maximum atomic E-state index is 12.0. The van der Waals surface area contributed by atoms with Gasteiger partial charge in [0.2, 0.25) is 5.91 Å². The summed E-state index contributed by atoms with van der Waals surface area (Å²) < 4.78 is 2.14. The molecule has 1 heterocycles. The lowest BCUT2D eigenvalue weighted by Gasteiger charge is -2.09. The number of nitrogens with one attached hydrogen (secondary N) is 1. The molecule has 0 saturated heterocycles. The molecule has 0 fully saturated rings. The fourth-order valence-corrected chi connectivity index (χ4v) is 3.64. The van der Waals surface area contributed by atoms with Crippen LogP contribution in [0.3, 0.4) is 0 Å². The molecule has 0 saturated carbocycles. The van der Waals surface area contributed by atoms with Gasteiger partial charge in [0, 0.05) is 35.2 Å². The maximum absolute atomic E-state index is 12.0. The molecule has 0 unspecified atom stereocenters. The molecule has 6 heteroatoms. The molecule has 0 atom stereocenters. The zero-order valence-corrected chi connectivity index (χ0v) is 15.6. The highest BCUT2D eigenvalue weighted by molar-refractivity contribution is 7.99. The Morgan fingerprint density at radius 3 is 2.76 bits per heavy atom. The Labute approximate surface area is 156 Å². The predicted molar refractivity (Wildman–Crippen MR) is 104 cm³/mol. The van der Waals surface area contributed by atoms with Gasteiger partial charge in [-0.3, -0.25) is 4.79 Å². The van der Waals surface area contributed by atoms with E-state index in [-0.39, 0.29) is 5.91 Å². The van der Waals surface area contributed by atoms with Gasteiger partial charge < -0.3 is 9.88 Å². The summed E-state index contributed by atoms with van der Waals surface area (Å²) >= 11 is 7.52. The van der Waals surface area contributed by atoms with E-state index in [1.54, 1.807) is 11.8 Å². The third kappa shape index (κ3) is 4.77. The Bertz CT molecular complexity index is 861. The summed E-state index contributed by atoms with van der Waals surface area (Å²) in [5.74, 6) is 1.79. The topological polar surface area (TPSA) is 46.9 Å². The smallest absolute Gasteiger partial charge is 0.220 e. The van der Waals surface area contributed by atoms with Gasteiger partial charge in [0.1, 0.15) is 5.82 Å². The highest BCUT2D eigenvalue weighted by Crippen LogP contribution is 2.20. The van der Waals surface area contributed by atoms with Crippen molar-refractivity contribution in [2.75, 3.05) is 12.3 Å². The van der Waals surface area contributed by atoms with Gasteiger partial charge in [-0.05, 0) is 43.3 Å². The first kappa shape index (κ1) is 17.8. The van der Waals surface area contributed by atoms with E-state index < -0.39 is 0 Å². The number of nitrogens with zero attached hydrogens (tertiary/aromatic N) is 2. The fraction of sp³-hybridized carbons (Fsp3) is 0.263. The lowest BCUT2D eigenvalue weighted by atomic mass is 10.3. The average molecular weight is 374 g/mol. The van der Waals surface area contributed by atoms with E-state index in [2.05, 4.69) is 20.9 Å². The minimum absolute atomic E-state index is 0.0727. The number of benzene rings is 2. The largest absolute Gasteiger partial charge is 0.354 e. The Hall–Kier alpha value is -1.98. The highest BCUT2D eigenvalue weighted by atomic mass is 35.5. The van der Waals surface area contributed by atoms with E-state index in [9.17, 15) is 4.79 Å². The van der Waals surface area contributed by atoms with E-state index in [1.165, 1.54) is 0 Å². The quantitative estimate of drug-likeness (QED) is 0.628. The van der Waals surface area contributed by atoms with Gasteiger partial charge in [-0.2, -0.15) is 0 Å². The number of imidazole rings is 1. The van der Waals surface area contributed by atoms with Crippen molar-refractivity contribution < 1.29 is 4.79 Å². The second kappa shape index (κ2) is 8.41. The van der Waals surface area contributed by atoms with E-state index in [1.807, 2.05) is 49.4 Å². The van der Waals surface area contributed by atoms with Crippen LogP contribution in [0, 0.1) is 6.92 Å². The number of fused-ring (bicyclic) bond motifs is 1. The summed E-state index contributed by atoms with van der Waals surface area (Å²) in [5.41, 5.74) is 2.10. The van der Waals surface area contributed by atoms with Gasteiger partial charge in [0.25, 0.3) is 0 Å². The zero-order chi connectivity index (χ0) is 17.6. The molecule has 3 rings (SSSR count). The third-order valence-corrected chi connectivity index (χ3v) is 5.18. The van der Waals surface area contributed by atoms with Crippen molar-refractivity contribution in [3.63, 3.8) is 0 Å². The van der Waals surface area contributed by atoms with Crippen LogP contribution < -0.4 is 5.32 Å². The van der Waals surface area contributed by atoms with Gasteiger partial charge >= 0.3 is 0 Å². The molecule has 0 bridgehead atoms. The molecule has 3 aromatic rings. The summed E-state index contributed by atoms with van der Waals surface area (Å²) in [4.78, 5) is 17.7. The highest BCUT2D eigenvalue weighted by Gasteiger charge is 2.07. The Balaban J connectivity index is 1.43. The summed E-state index contributed by atoms with van der Waals surface area (Å²) in [6.07, 6.45) is 0.497. The number of amides is 1. The van der Waals surface area contributed by atoms with Crippen molar-refractivity contribution >= 4 is 40.3 Å². The summed E-state index contributed by atoms with van der Waals surface area (Å²) in [7, 11) is 0. The first-order valence-electron chi connectivity index (χ1n) is 8.20. The lowest BCUT2D eigenvalue weighted by molar-refractivity contribution is -0.120. The van der Waals surface area contributed by atoms with Gasteiger partial charge in [-0.25, -0.2) is 4.98 Å². The molecule has 25 heavy (non-hydrogen) atoms. The number of halogens is 1. The van der Waals surface area contributed by atoms with Crippen LogP contribution in [0.4, 0.5) is 0 Å². The minimum Gasteiger partial charge on any atom is -0.354 e.